The molecular weight excluding hydrogens is 290 g/mol. The van der Waals surface area contributed by atoms with Crippen LogP contribution in [0.15, 0.2) is 42.5 Å². The number of carbonyl (C=O) groups is 1. The predicted octanol–water partition coefficient (Wildman–Crippen LogP) is 3.29. The largest absolute Gasteiger partial charge is 0.480 e. The van der Waals surface area contributed by atoms with Gasteiger partial charge in [-0.1, -0.05) is 43.3 Å². The molecule has 0 unspecified atom stereocenters. The number of rotatable bonds is 6. The number of ether oxygens (including phenoxy) is 2. The van der Waals surface area contributed by atoms with Crippen molar-refractivity contribution in [1.82, 2.24) is 5.32 Å². The van der Waals surface area contributed by atoms with Crippen LogP contribution in [0.2, 0.25) is 0 Å². The Kier molecular flexibility index (Phi) is 5.13. The third-order valence-corrected chi connectivity index (χ3v) is 4.21. The fraction of sp³-hybridized carbons (Fsp3) is 0.421. The highest BCUT2D eigenvalue weighted by atomic mass is 16.5. The summed E-state index contributed by atoms with van der Waals surface area (Å²) < 4.78 is 11.5. The van der Waals surface area contributed by atoms with E-state index < -0.39 is 6.10 Å². The molecule has 0 bridgehead atoms. The van der Waals surface area contributed by atoms with Gasteiger partial charge in [-0.05, 0) is 30.7 Å². The molecule has 1 fully saturated rings. The second-order valence-corrected chi connectivity index (χ2v) is 5.87. The number of fused-ring (bicyclic) bond motifs is 1. The van der Waals surface area contributed by atoms with E-state index in [9.17, 15) is 4.79 Å². The van der Waals surface area contributed by atoms with Crippen molar-refractivity contribution < 1.29 is 14.3 Å². The van der Waals surface area contributed by atoms with E-state index >= 15 is 0 Å². The van der Waals surface area contributed by atoms with E-state index in [4.69, 9.17) is 9.47 Å². The molecule has 2 aromatic rings. The molecule has 4 nitrogen and oxygen atoms in total. The number of carbonyl (C=O) groups excluding carboxylic acids is 1. The van der Waals surface area contributed by atoms with Gasteiger partial charge >= 0.3 is 0 Å². The van der Waals surface area contributed by atoms with Crippen LogP contribution < -0.4 is 10.1 Å². The van der Waals surface area contributed by atoms with Crippen LogP contribution in [0.5, 0.6) is 5.75 Å². The topological polar surface area (TPSA) is 47.6 Å². The van der Waals surface area contributed by atoms with E-state index in [1.54, 1.807) is 0 Å². The van der Waals surface area contributed by atoms with Crippen LogP contribution in [0.1, 0.15) is 26.2 Å². The van der Waals surface area contributed by atoms with Gasteiger partial charge in [-0.3, -0.25) is 4.79 Å². The van der Waals surface area contributed by atoms with Crippen molar-refractivity contribution in [2.24, 2.45) is 0 Å². The summed E-state index contributed by atoms with van der Waals surface area (Å²) in [6.07, 6.45) is 2.38. The lowest BCUT2D eigenvalue weighted by atomic mass is 10.1. The molecule has 0 aromatic heterocycles. The van der Waals surface area contributed by atoms with Crippen molar-refractivity contribution in [1.29, 1.82) is 0 Å². The quantitative estimate of drug-likeness (QED) is 0.890. The maximum atomic E-state index is 12.4. The molecule has 0 saturated carbocycles. The zero-order valence-corrected chi connectivity index (χ0v) is 13.5. The Balaban J connectivity index is 1.66. The van der Waals surface area contributed by atoms with Crippen molar-refractivity contribution in [2.75, 3.05) is 13.2 Å². The third-order valence-electron chi connectivity index (χ3n) is 4.21. The second-order valence-electron chi connectivity index (χ2n) is 5.87. The van der Waals surface area contributed by atoms with E-state index in [2.05, 4.69) is 5.32 Å². The predicted molar refractivity (Wildman–Crippen MR) is 90.6 cm³/mol. The van der Waals surface area contributed by atoms with E-state index in [0.717, 1.165) is 36.0 Å². The average Bonchev–Trinajstić information content (AvgIpc) is 3.11. The fourth-order valence-electron chi connectivity index (χ4n) is 2.91. The summed E-state index contributed by atoms with van der Waals surface area (Å²) >= 11 is 0. The summed E-state index contributed by atoms with van der Waals surface area (Å²) in [4.78, 5) is 12.4. The highest BCUT2D eigenvalue weighted by molar-refractivity contribution is 5.89. The Morgan fingerprint density at radius 1 is 1.30 bits per heavy atom. The molecule has 1 N–H and O–H groups in total. The first kappa shape index (κ1) is 15.8. The molecule has 0 radical (unpaired) electrons. The molecule has 1 heterocycles. The Hall–Kier alpha value is -2.07. The van der Waals surface area contributed by atoms with Crippen LogP contribution in [0, 0.1) is 0 Å². The van der Waals surface area contributed by atoms with Crippen LogP contribution in [-0.2, 0) is 9.53 Å². The molecule has 2 aromatic carbocycles. The molecule has 1 aliphatic rings. The Labute approximate surface area is 136 Å². The minimum Gasteiger partial charge on any atom is -0.480 e. The second kappa shape index (κ2) is 7.47. The summed E-state index contributed by atoms with van der Waals surface area (Å²) in [5.41, 5.74) is 0. The average molecular weight is 313 g/mol. The summed E-state index contributed by atoms with van der Waals surface area (Å²) in [5.74, 6) is 0.679. The molecule has 4 heteroatoms. The summed E-state index contributed by atoms with van der Waals surface area (Å²) in [7, 11) is 0. The molecule has 1 saturated heterocycles. The smallest absolute Gasteiger partial charge is 0.261 e. The lowest BCUT2D eigenvalue weighted by Gasteiger charge is -2.19. The molecule has 23 heavy (non-hydrogen) atoms. The first-order valence-electron chi connectivity index (χ1n) is 8.31. The van der Waals surface area contributed by atoms with E-state index in [0.29, 0.717) is 13.0 Å². The Bertz CT molecular complexity index is 659. The maximum absolute atomic E-state index is 12.4. The standard InChI is InChI=1S/C19H23NO3/c1-2-17(19(21)20-13-15-9-6-12-22-15)23-18-11-5-8-14-7-3-4-10-16(14)18/h3-5,7-8,10-11,15,17H,2,6,9,12-13H2,1H3,(H,20,21)/t15-,17-/m0/s1. The Morgan fingerprint density at radius 3 is 2.91 bits per heavy atom. The van der Waals surface area contributed by atoms with Gasteiger partial charge in [0.15, 0.2) is 6.10 Å². The maximum Gasteiger partial charge on any atom is 0.261 e. The molecule has 2 atom stereocenters. The van der Waals surface area contributed by atoms with Gasteiger partial charge in [0, 0.05) is 18.5 Å². The number of hydrogen-bond donors (Lipinski definition) is 1. The molecule has 1 aliphatic heterocycles. The van der Waals surface area contributed by atoms with Crippen molar-refractivity contribution in [3.05, 3.63) is 42.5 Å². The zero-order valence-electron chi connectivity index (χ0n) is 13.5. The van der Waals surface area contributed by atoms with Gasteiger partial charge < -0.3 is 14.8 Å². The van der Waals surface area contributed by atoms with Gasteiger partial charge in [0.2, 0.25) is 0 Å². The highest BCUT2D eigenvalue weighted by Gasteiger charge is 2.22. The van der Waals surface area contributed by atoms with Crippen LogP contribution in [0.4, 0.5) is 0 Å². The summed E-state index contributed by atoms with van der Waals surface area (Å²) in [6, 6.07) is 13.9. The molecule has 122 valence electrons. The number of hydrogen-bond acceptors (Lipinski definition) is 3. The number of benzene rings is 2. The van der Waals surface area contributed by atoms with Gasteiger partial charge in [-0.15, -0.1) is 0 Å². The number of nitrogens with one attached hydrogen (secondary N) is 1. The van der Waals surface area contributed by atoms with Crippen molar-refractivity contribution in [3.63, 3.8) is 0 Å². The van der Waals surface area contributed by atoms with E-state index in [1.165, 1.54) is 0 Å². The first-order valence-corrected chi connectivity index (χ1v) is 8.31. The lowest BCUT2D eigenvalue weighted by molar-refractivity contribution is -0.128. The zero-order chi connectivity index (χ0) is 16.1. The molecule has 0 aliphatic carbocycles. The van der Waals surface area contributed by atoms with Crippen molar-refractivity contribution >= 4 is 16.7 Å². The molecular formula is C19H23NO3. The monoisotopic (exact) mass is 313 g/mol. The minimum absolute atomic E-state index is 0.0732. The van der Waals surface area contributed by atoms with Gasteiger partial charge in [0.25, 0.3) is 5.91 Å². The fourth-order valence-corrected chi connectivity index (χ4v) is 2.91. The van der Waals surface area contributed by atoms with Gasteiger partial charge in [-0.25, -0.2) is 0 Å². The lowest BCUT2D eigenvalue weighted by Crippen LogP contribution is -2.41. The summed E-state index contributed by atoms with van der Waals surface area (Å²) in [6.45, 7) is 3.32. The van der Waals surface area contributed by atoms with Crippen molar-refractivity contribution in [3.8, 4) is 5.75 Å². The summed E-state index contributed by atoms with van der Waals surface area (Å²) in [5, 5.41) is 5.09. The number of amides is 1. The SMILES string of the molecule is CC[C@H](Oc1cccc2ccccc12)C(=O)NC[C@@H]1CCCO1. The third kappa shape index (κ3) is 3.82. The van der Waals surface area contributed by atoms with E-state index in [1.807, 2.05) is 49.4 Å². The Morgan fingerprint density at radius 2 is 2.13 bits per heavy atom. The molecule has 1 amide bonds. The van der Waals surface area contributed by atoms with Crippen LogP contribution in [0.25, 0.3) is 10.8 Å². The minimum atomic E-state index is -0.484. The highest BCUT2D eigenvalue weighted by Crippen LogP contribution is 2.26. The van der Waals surface area contributed by atoms with Gasteiger partial charge in [0.1, 0.15) is 5.75 Å². The van der Waals surface area contributed by atoms with Gasteiger partial charge in [0.05, 0.1) is 6.10 Å². The normalized spacial score (nSPS) is 18.7. The molecule has 3 rings (SSSR count). The van der Waals surface area contributed by atoms with Crippen LogP contribution >= 0.6 is 0 Å². The van der Waals surface area contributed by atoms with E-state index in [-0.39, 0.29) is 12.0 Å². The first-order chi connectivity index (χ1) is 11.3. The van der Waals surface area contributed by atoms with Crippen LogP contribution in [0.3, 0.4) is 0 Å². The van der Waals surface area contributed by atoms with Crippen LogP contribution in [-0.4, -0.2) is 31.3 Å². The van der Waals surface area contributed by atoms with Gasteiger partial charge in [-0.2, -0.15) is 0 Å². The van der Waals surface area contributed by atoms with Crippen molar-refractivity contribution in [2.45, 2.75) is 38.4 Å². The molecule has 0 spiro atoms.